The molecule has 0 atom stereocenters. The molecule has 60 valence electrons. The number of nitrogens with zero attached hydrogens (tertiary/aromatic N) is 1. The first-order chi connectivity index (χ1) is 5.16. The molecule has 11 heavy (non-hydrogen) atoms. The van der Waals surface area contributed by atoms with Gasteiger partial charge in [0.2, 0.25) is 0 Å². The van der Waals surface area contributed by atoms with E-state index in [9.17, 15) is 9.59 Å². The minimum atomic E-state index is -0.446. The summed E-state index contributed by atoms with van der Waals surface area (Å²) >= 11 is 5.46. The first kappa shape index (κ1) is 8.07. The Kier molecular flexibility index (Phi) is 2.14. The van der Waals surface area contributed by atoms with E-state index < -0.39 is 11.2 Å². The second-order valence-corrected chi connectivity index (χ2v) is 2.40. The summed E-state index contributed by atoms with van der Waals surface area (Å²) in [5, 5.41) is 0.0338. The lowest BCUT2D eigenvalue weighted by atomic mass is 10.6. The van der Waals surface area contributed by atoms with Gasteiger partial charge in [0.25, 0.3) is 5.56 Å². The molecule has 0 aliphatic carbocycles. The minimum absolute atomic E-state index is 0.0338. The Bertz CT molecular complexity index is 366. The summed E-state index contributed by atoms with van der Waals surface area (Å²) < 4.78 is 1.03. The highest BCUT2D eigenvalue weighted by Crippen LogP contribution is 1.92. The number of aromatic nitrogens is 2. The summed E-state index contributed by atoms with van der Waals surface area (Å²) in [6.45, 7) is 2.03. The number of hydrogen-bond donors (Lipinski definition) is 1. The maximum atomic E-state index is 11.0. The quantitative estimate of drug-likeness (QED) is 0.662. The van der Waals surface area contributed by atoms with Crippen LogP contribution in [0.25, 0.3) is 0 Å². The van der Waals surface area contributed by atoms with Gasteiger partial charge in [-0.3, -0.25) is 9.36 Å². The fourth-order valence-corrected chi connectivity index (χ4v) is 0.930. The molecule has 0 radical (unpaired) electrons. The molecule has 4 nitrogen and oxygen atoms in total. The minimum Gasteiger partial charge on any atom is -0.312 e. The van der Waals surface area contributed by atoms with Crippen LogP contribution in [0.1, 0.15) is 6.92 Å². The van der Waals surface area contributed by atoms with Crippen molar-refractivity contribution in [1.29, 1.82) is 0 Å². The predicted octanol–water partition coefficient (Wildman–Crippen LogP) is 0.210. The van der Waals surface area contributed by atoms with Gasteiger partial charge in [-0.25, -0.2) is 4.79 Å². The number of H-pyrrole nitrogens is 1. The molecular formula is C6H7ClN2O2. The van der Waals surface area contributed by atoms with Crippen molar-refractivity contribution in [2.75, 3.05) is 0 Å². The molecule has 0 aliphatic heterocycles. The normalized spacial score (nSPS) is 10.0. The summed E-state index contributed by atoms with van der Waals surface area (Å²) in [5.74, 6) is 0. The Morgan fingerprint density at radius 2 is 2.27 bits per heavy atom. The van der Waals surface area contributed by atoms with Crippen molar-refractivity contribution in [3.05, 3.63) is 32.1 Å². The molecular weight excluding hydrogens is 168 g/mol. The van der Waals surface area contributed by atoms with Crippen LogP contribution < -0.4 is 11.2 Å². The first-order valence-electron chi connectivity index (χ1n) is 3.15. The Balaban J connectivity index is 3.55. The van der Waals surface area contributed by atoms with Gasteiger partial charge >= 0.3 is 5.69 Å². The molecule has 1 aromatic rings. The Hall–Kier alpha value is -1.03. The van der Waals surface area contributed by atoms with Crippen molar-refractivity contribution in [3.63, 3.8) is 0 Å². The lowest BCUT2D eigenvalue weighted by molar-refractivity contribution is 0.673. The van der Waals surface area contributed by atoms with Crippen molar-refractivity contribution in [1.82, 2.24) is 9.55 Å². The summed E-state index contributed by atoms with van der Waals surface area (Å²) in [7, 11) is 0. The van der Waals surface area contributed by atoms with Crippen LogP contribution >= 0.6 is 11.6 Å². The Morgan fingerprint density at radius 1 is 1.64 bits per heavy atom. The molecule has 0 unspecified atom stereocenters. The van der Waals surface area contributed by atoms with Crippen LogP contribution in [-0.2, 0) is 6.54 Å². The molecule has 0 saturated heterocycles. The topological polar surface area (TPSA) is 54.9 Å². The summed E-state index contributed by atoms with van der Waals surface area (Å²) in [6.07, 6.45) is 1.19. The molecule has 0 spiro atoms. The monoisotopic (exact) mass is 174 g/mol. The van der Waals surface area contributed by atoms with Crippen LogP contribution in [0.2, 0.25) is 5.02 Å². The van der Waals surface area contributed by atoms with Gasteiger partial charge in [-0.2, -0.15) is 0 Å². The zero-order chi connectivity index (χ0) is 8.43. The molecule has 0 amide bonds. The highest BCUT2D eigenvalue weighted by Gasteiger charge is 2.01. The van der Waals surface area contributed by atoms with Gasteiger partial charge in [0.1, 0.15) is 5.02 Å². The zero-order valence-electron chi connectivity index (χ0n) is 5.93. The smallest absolute Gasteiger partial charge is 0.312 e. The standard InChI is InChI=1S/C6H7ClN2O2/c1-2-9-5(10)4(7)3-8-6(9)11/h3H,2H2,1H3,(H,8,11). The molecule has 0 bridgehead atoms. The van der Waals surface area contributed by atoms with E-state index in [2.05, 4.69) is 4.98 Å². The van der Waals surface area contributed by atoms with E-state index in [1.807, 2.05) is 0 Å². The molecule has 1 aromatic heterocycles. The molecule has 0 aliphatic rings. The molecule has 1 rings (SSSR count). The van der Waals surface area contributed by atoms with Crippen LogP contribution in [0.15, 0.2) is 15.8 Å². The second-order valence-electron chi connectivity index (χ2n) is 1.99. The lowest BCUT2D eigenvalue weighted by Gasteiger charge is -1.97. The van der Waals surface area contributed by atoms with Crippen molar-refractivity contribution >= 4 is 11.6 Å². The molecule has 5 heteroatoms. The molecule has 1 heterocycles. The van der Waals surface area contributed by atoms with E-state index in [0.717, 1.165) is 4.57 Å². The summed E-state index contributed by atoms with van der Waals surface area (Å²) in [4.78, 5) is 24.2. The van der Waals surface area contributed by atoms with Gasteiger partial charge in [-0.1, -0.05) is 11.6 Å². The van der Waals surface area contributed by atoms with Crippen LogP contribution in [0.4, 0.5) is 0 Å². The Morgan fingerprint density at radius 3 is 2.73 bits per heavy atom. The second kappa shape index (κ2) is 2.92. The number of hydrogen-bond acceptors (Lipinski definition) is 2. The van der Waals surface area contributed by atoms with Crippen LogP contribution in [-0.4, -0.2) is 9.55 Å². The predicted molar refractivity (Wildman–Crippen MR) is 42.0 cm³/mol. The van der Waals surface area contributed by atoms with Gasteiger partial charge < -0.3 is 4.98 Å². The van der Waals surface area contributed by atoms with Gasteiger partial charge in [0, 0.05) is 12.7 Å². The molecule has 1 N–H and O–H groups in total. The van der Waals surface area contributed by atoms with Crippen molar-refractivity contribution in [2.24, 2.45) is 0 Å². The maximum absolute atomic E-state index is 11.0. The van der Waals surface area contributed by atoms with Gasteiger partial charge in [0.15, 0.2) is 0 Å². The van der Waals surface area contributed by atoms with Crippen molar-refractivity contribution in [3.8, 4) is 0 Å². The number of nitrogens with one attached hydrogen (secondary N) is 1. The van der Waals surface area contributed by atoms with Crippen molar-refractivity contribution < 1.29 is 0 Å². The van der Waals surface area contributed by atoms with Gasteiger partial charge in [0.05, 0.1) is 0 Å². The Labute approximate surface area is 67.4 Å². The maximum Gasteiger partial charge on any atom is 0.328 e. The van der Waals surface area contributed by atoms with Gasteiger partial charge in [-0.05, 0) is 6.92 Å². The third-order valence-electron chi connectivity index (χ3n) is 1.33. The third-order valence-corrected chi connectivity index (χ3v) is 1.60. The fraction of sp³-hybridized carbons (Fsp3) is 0.333. The number of rotatable bonds is 1. The average Bonchev–Trinajstić information content (AvgIpc) is 1.99. The van der Waals surface area contributed by atoms with E-state index in [-0.39, 0.29) is 5.02 Å². The SMILES string of the molecule is CCn1c(=O)[nH]cc(Cl)c1=O. The summed E-state index contributed by atoms with van der Waals surface area (Å²) in [5.41, 5.74) is -0.875. The van der Waals surface area contributed by atoms with E-state index in [1.165, 1.54) is 6.20 Å². The lowest BCUT2D eigenvalue weighted by Crippen LogP contribution is -2.34. The average molecular weight is 175 g/mol. The first-order valence-corrected chi connectivity index (χ1v) is 3.52. The van der Waals surface area contributed by atoms with Gasteiger partial charge in [-0.15, -0.1) is 0 Å². The van der Waals surface area contributed by atoms with Crippen LogP contribution in [0, 0.1) is 0 Å². The number of halogens is 1. The van der Waals surface area contributed by atoms with E-state index in [1.54, 1.807) is 6.92 Å². The van der Waals surface area contributed by atoms with Crippen LogP contribution in [0.5, 0.6) is 0 Å². The molecule has 0 fully saturated rings. The van der Waals surface area contributed by atoms with Crippen molar-refractivity contribution in [2.45, 2.75) is 13.5 Å². The highest BCUT2D eigenvalue weighted by molar-refractivity contribution is 6.30. The highest BCUT2D eigenvalue weighted by atomic mass is 35.5. The third kappa shape index (κ3) is 1.35. The molecule has 0 aromatic carbocycles. The summed E-state index contributed by atoms with van der Waals surface area (Å²) in [6, 6.07) is 0. The molecule has 0 saturated carbocycles. The van der Waals surface area contributed by atoms with Crippen LogP contribution in [0.3, 0.4) is 0 Å². The van der Waals surface area contributed by atoms with E-state index >= 15 is 0 Å². The van der Waals surface area contributed by atoms with E-state index in [4.69, 9.17) is 11.6 Å². The largest absolute Gasteiger partial charge is 0.328 e. The zero-order valence-corrected chi connectivity index (χ0v) is 6.68. The van der Waals surface area contributed by atoms with E-state index in [0.29, 0.717) is 6.54 Å². The number of aromatic amines is 1. The fourth-order valence-electron chi connectivity index (χ4n) is 0.773.